The molecule has 1 atom stereocenters. The fourth-order valence-corrected chi connectivity index (χ4v) is 12.3. The van der Waals surface area contributed by atoms with E-state index in [4.69, 9.17) is 4.42 Å². The number of rotatable bonds is 5. The van der Waals surface area contributed by atoms with E-state index in [-0.39, 0.29) is 0 Å². The summed E-state index contributed by atoms with van der Waals surface area (Å²) >= 11 is 1.90. The Morgan fingerprint density at radius 1 is 0.375 bits per heavy atom. The van der Waals surface area contributed by atoms with Crippen LogP contribution >= 0.6 is 11.3 Å². The van der Waals surface area contributed by atoms with Crippen LogP contribution in [0.1, 0.15) is 22.3 Å². The van der Waals surface area contributed by atoms with Crippen LogP contribution in [0.15, 0.2) is 229 Å². The van der Waals surface area contributed by atoms with Crippen molar-refractivity contribution in [2.24, 2.45) is 0 Å². The minimum absolute atomic E-state index is 0.445. The van der Waals surface area contributed by atoms with Gasteiger partial charge in [0.1, 0.15) is 5.58 Å². The molecule has 0 radical (unpaired) electrons. The predicted molar refractivity (Wildman–Crippen MR) is 268 cm³/mol. The van der Waals surface area contributed by atoms with Crippen molar-refractivity contribution in [2.75, 3.05) is 4.90 Å². The van der Waals surface area contributed by atoms with Gasteiger partial charge in [-0.15, -0.1) is 11.3 Å². The van der Waals surface area contributed by atoms with Crippen LogP contribution in [-0.2, 0) is 5.41 Å². The minimum Gasteiger partial charge on any atom is -0.454 e. The summed E-state index contributed by atoms with van der Waals surface area (Å²) in [6, 6.07) is 82.5. The highest BCUT2D eigenvalue weighted by molar-refractivity contribution is 7.26. The van der Waals surface area contributed by atoms with E-state index in [1.54, 1.807) is 0 Å². The first-order valence-electron chi connectivity index (χ1n) is 22.0. The Hall–Kier alpha value is -7.98. The molecule has 0 saturated heterocycles. The quantitative estimate of drug-likeness (QED) is 0.172. The molecule has 64 heavy (non-hydrogen) atoms. The second-order valence-corrected chi connectivity index (χ2v) is 18.2. The number of furan rings is 1. The van der Waals surface area contributed by atoms with Crippen molar-refractivity contribution in [2.45, 2.75) is 5.41 Å². The van der Waals surface area contributed by atoms with Crippen LogP contribution in [0.2, 0.25) is 0 Å². The highest BCUT2D eigenvalue weighted by atomic mass is 32.1. The van der Waals surface area contributed by atoms with Crippen LogP contribution in [0.4, 0.5) is 17.1 Å². The Labute approximate surface area is 374 Å². The van der Waals surface area contributed by atoms with Crippen molar-refractivity contribution in [3.05, 3.63) is 247 Å². The van der Waals surface area contributed by atoms with Crippen LogP contribution < -0.4 is 4.90 Å². The summed E-state index contributed by atoms with van der Waals surface area (Å²) in [7, 11) is 0. The minimum atomic E-state index is -0.445. The van der Waals surface area contributed by atoms with Crippen molar-refractivity contribution < 1.29 is 4.42 Å². The Bertz CT molecular complexity index is 3840. The third-order valence-electron chi connectivity index (χ3n) is 13.9. The molecular weight excluding hydrogens is 795 g/mol. The molecule has 1 unspecified atom stereocenters. The summed E-state index contributed by atoms with van der Waals surface area (Å²) in [6.45, 7) is 0. The monoisotopic (exact) mass is 831 g/mol. The fraction of sp³-hybridized carbons (Fsp3) is 0.0164. The molecule has 2 aliphatic carbocycles. The highest BCUT2D eigenvalue weighted by Crippen LogP contribution is 2.65. The van der Waals surface area contributed by atoms with Gasteiger partial charge >= 0.3 is 0 Å². The molecule has 12 aromatic rings. The number of nitrogens with zero attached hydrogens (tertiary/aromatic N) is 1. The zero-order chi connectivity index (χ0) is 41.9. The van der Waals surface area contributed by atoms with E-state index in [1.165, 1.54) is 86.9 Å². The summed E-state index contributed by atoms with van der Waals surface area (Å²) < 4.78 is 9.33. The smallest absolute Gasteiger partial charge is 0.159 e. The number of fused-ring (bicyclic) bond motifs is 17. The van der Waals surface area contributed by atoms with E-state index in [0.717, 1.165) is 39.0 Å². The van der Waals surface area contributed by atoms with Crippen molar-refractivity contribution >= 4 is 70.5 Å². The van der Waals surface area contributed by atoms with Gasteiger partial charge in [0.15, 0.2) is 5.58 Å². The van der Waals surface area contributed by atoms with E-state index in [0.29, 0.717) is 0 Å². The van der Waals surface area contributed by atoms with Crippen molar-refractivity contribution in [1.82, 2.24) is 0 Å². The lowest BCUT2D eigenvalue weighted by Gasteiger charge is -2.30. The number of hydrogen-bond donors (Lipinski definition) is 0. The molecule has 2 aliphatic rings. The lowest BCUT2D eigenvalue weighted by atomic mass is 9.70. The second-order valence-electron chi connectivity index (χ2n) is 17.1. The maximum Gasteiger partial charge on any atom is 0.159 e. The van der Waals surface area contributed by atoms with Gasteiger partial charge in [0.25, 0.3) is 0 Å². The average molecular weight is 832 g/mol. The molecule has 0 amide bonds. The largest absolute Gasteiger partial charge is 0.454 e. The number of thiophene rings is 1. The number of anilines is 3. The van der Waals surface area contributed by atoms with E-state index in [9.17, 15) is 0 Å². The summed E-state index contributed by atoms with van der Waals surface area (Å²) in [6.07, 6.45) is 0. The second kappa shape index (κ2) is 13.5. The molecule has 2 aromatic heterocycles. The summed E-state index contributed by atoms with van der Waals surface area (Å²) in [4.78, 5) is 2.33. The van der Waals surface area contributed by atoms with E-state index < -0.39 is 5.41 Å². The number of hydrogen-bond acceptors (Lipinski definition) is 3. The SMILES string of the molecule is c1ccc(-c2ccc(N(c3ccc(-c4ccc5c(c4)C4(c6ccccc6-5)c5ccccc5-c5c4ccc4sc6ccccc6c54)cc3)c3cccc4c3oc3ccccc34)cc2)cc1. The molecule has 0 saturated carbocycles. The van der Waals surface area contributed by atoms with Crippen LogP contribution in [0.3, 0.4) is 0 Å². The first-order valence-corrected chi connectivity index (χ1v) is 22.8. The zero-order valence-corrected chi connectivity index (χ0v) is 35.4. The van der Waals surface area contributed by atoms with Gasteiger partial charge in [-0.1, -0.05) is 170 Å². The van der Waals surface area contributed by atoms with Crippen molar-refractivity contribution in [3.63, 3.8) is 0 Å². The molecule has 2 nitrogen and oxygen atoms in total. The molecule has 10 aromatic carbocycles. The number of benzene rings is 10. The van der Waals surface area contributed by atoms with Crippen molar-refractivity contribution in [1.29, 1.82) is 0 Å². The van der Waals surface area contributed by atoms with Crippen LogP contribution in [0.5, 0.6) is 0 Å². The molecule has 0 fully saturated rings. The third kappa shape index (κ3) is 4.90. The first-order chi connectivity index (χ1) is 31.7. The molecule has 0 aliphatic heterocycles. The van der Waals surface area contributed by atoms with Gasteiger partial charge in [0.05, 0.1) is 11.1 Å². The summed E-state index contributed by atoms with van der Waals surface area (Å²) in [5.74, 6) is 0. The molecule has 298 valence electrons. The molecular formula is C61H37NOS. The first kappa shape index (κ1) is 35.6. The predicted octanol–water partition coefficient (Wildman–Crippen LogP) is 17.1. The normalized spacial score (nSPS) is 14.6. The third-order valence-corrected chi connectivity index (χ3v) is 15.0. The molecule has 3 heteroatoms. The summed E-state index contributed by atoms with van der Waals surface area (Å²) in [5.41, 5.74) is 19.9. The standard InChI is InChI=1S/C61H37NOS/c1-2-13-38(14-3-1)39-25-30-42(31-26-39)62(54-22-12-19-47-46-16-6-10-23-55(46)63-60(47)54)43-32-27-40(28-33-43)41-29-34-45-44-15-4-8-20-50(44)61(53(45)37-41)51-21-9-5-17-48(51)58-52(61)35-36-57-59(58)49-18-7-11-24-56(49)64-57/h1-37H. The van der Waals surface area contributed by atoms with Crippen LogP contribution in [-0.4, -0.2) is 0 Å². The Morgan fingerprint density at radius 3 is 1.77 bits per heavy atom. The lowest BCUT2D eigenvalue weighted by molar-refractivity contribution is 0.669. The maximum atomic E-state index is 6.66. The lowest BCUT2D eigenvalue weighted by Crippen LogP contribution is -2.25. The van der Waals surface area contributed by atoms with E-state index >= 15 is 0 Å². The highest BCUT2D eigenvalue weighted by Gasteiger charge is 2.52. The van der Waals surface area contributed by atoms with Gasteiger partial charge in [-0.2, -0.15) is 0 Å². The molecule has 14 rings (SSSR count). The van der Waals surface area contributed by atoms with Crippen LogP contribution in [0, 0.1) is 0 Å². The van der Waals surface area contributed by atoms with E-state index in [2.05, 4.69) is 223 Å². The Balaban J connectivity index is 0.934. The van der Waals surface area contributed by atoms with Gasteiger partial charge in [-0.25, -0.2) is 0 Å². The maximum absolute atomic E-state index is 6.66. The Kier molecular flexibility index (Phi) is 7.51. The van der Waals surface area contributed by atoms with Gasteiger partial charge < -0.3 is 9.32 Å². The topological polar surface area (TPSA) is 16.4 Å². The fourth-order valence-electron chi connectivity index (χ4n) is 11.2. The molecule has 0 N–H and O–H groups in total. The van der Waals surface area contributed by atoms with Gasteiger partial charge in [0.2, 0.25) is 0 Å². The molecule has 2 heterocycles. The van der Waals surface area contributed by atoms with Gasteiger partial charge in [0, 0.05) is 42.3 Å². The average Bonchev–Trinajstić information content (AvgIpc) is 4.10. The van der Waals surface area contributed by atoms with Gasteiger partial charge in [-0.3, -0.25) is 0 Å². The molecule has 0 bridgehead atoms. The Morgan fingerprint density at radius 2 is 0.969 bits per heavy atom. The van der Waals surface area contributed by atoms with Gasteiger partial charge in [-0.05, 0) is 121 Å². The van der Waals surface area contributed by atoms with Crippen molar-refractivity contribution in [3.8, 4) is 44.5 Å². The summed E-state index contributed by atoms with van der Waals surface area (Å²) in [5, 5.41) is 4.93. The molecule has 1 spiro atoms. The van der Waals surface area contributed by atoms with E-state index in [1.807, 2.05) is 17.4 Å². The van der Waals surface area contributed by atoms with Crippen LogP contribution in [0.25, 0.3) is 86.6 Å². The zero-order valence-electron chi connectivity index (χ0n) is 34.6. The number of para-hydroxylation sites is 2.